The van der Waals surface area contributed by atoms with Crippen molar-refractivity contribution in [3.8, 4) is 0 Å². The lowest BCUT2D eigenvalue weighted by Crippen LogP contribution is -2.33. The monoisotopic (exact) mass is 225 g/mol. The van der Waals surface area contributed by atoms with E-state index in [0.717, 1.165) is 19.0 Å². The van der Waals surface area contributed by atoms with Crippen molar-refractivity contribution in [1.82, 2.24) is 9.88 Å². The summed E-state index contributed by atoms with van der Waals surface area (Å²) < 4.78 is 0. The maximum atomic E-state index is 5.58. The average Bonchev–Trinajstić information content (AvgIpc) is 2.74. The number of aromatic nitrogens is 1. The van der Waals surface area contributed by atoms with Gasteiger partial charge in [0.1, 0.15) is 0 Å². The Morgan fingerprint density at radius 3 is 2.87 bits per heavy atom. The molecule has 0 radical (unpaired) electrons. The van der Waals surface area contributed by atoms with Crippen molar-refractivity contribution in [2.45, 2.75) is 25.8 Å². The molecule has 0 atom stereocenters. The lowest BCUT2D eigenvalue weighted by atomic mass is 9.94. The molecule has 2 N–H and O–H groups in total. The van der Waals surface area contributed by atoms with Crippen LogP contribution in [-0.2, 0) is 6.54 Å². The Balaban J connectivity index is 1.74. The Morgan fingerprint density at radius 2 is 2.27 bits per heavy atom. The minimum atomic E-state index is 0.847. The minimum Gasteiger partial charge on any atom is -0.330 e. The summed E-state index contributed by atoms with van der Waals surface area (Å²) in [5.74, 6) is 0.868. The van der Waals surface area contributed by atoms with Gasteiger partial charge in [-0.25, -0.2) is 0 Å². The number of rotatable bonds is 4. The molecule has 1 aromatic rings. The van der Waals surface area contributed by atoms with E-state index in [0.29, 0.717) is 0 Å². The largest absolute Gasteiger partial charge is 0.330 e. The van der Waals surface area contributed by atoms with Crippen LogP contribution in [0.15, 0.2) is 11.7 Å². The number of hydrogen-bond acceptors (Lipinski definition) is 4. The second kappa shape index (κ2) is 5.58. The normalized spacial score (nSPS) is 19.5. The van der Waals surface area contributed by atoms with E-state index in [9.17, 15) is 0 Å². The molecule has 0 aromatic carbocycles. The number of likely N-dealkylation sites (tertiary alicyclic amines) is 1. The van der Waals surface area contributed by atoms with Crippen LogP contribution in [0.3, 0.4) is 0 Å². The van der Waals surface area contributed by atoms with Crippen molar-refractivity contribution < 1.29 is 0 Å². The van der Waals surface area contributed by atoms with Crippen molar-refractivity contribution in [1.29, 1.82) is 0 Å². The molecule has 1 saturated heterocycles. The molecule has 1 aromatic heterocycles. The van der Waals surface area contributed by atoms with Gasteiger partial charge >= 0.3 is 0 Å². The van der Waals surface area contributed by atoms with Gasteiger partial charge < -0.3 is 5.73 Å². The Labute approximate surface area is 95.3 Å². The van der Waals surface area contributed by atoms with Crippen LogP contribution in [0.5, 0.6) is 0 Å². The first kappa shape index (κ1) is 11.0. The van der Waals surface area contributed by atoms with Gasteiger partial charge in [0.2, 0.25) is 0 Å². The first-order valence-corrected chi connectivity index (χ1v) is 6.56. The maximum Gasteiger partial charge on any atom is 0.0794 e. The molecular formula is C11H19N3S. The van der Waals surface area contributed by atoms with Crippen LogP contribution >= 0.6 is 11.3 Å². The van der Waals surface area contributed by atoms with Gasteiger partial charge in [0, 0.05) is 17.6 Å². The lowest BCUT2D eigenvalue weighted by molar-refractivity contribution is 0.175. The average molecular weight is 225 g/mol. The Bertz CT molecular complexity index is 265. The van der Waals surface area contributed by atoms with E-state index in [4.69, 9.17) is 5.73 Å². The van der Waals surface area contributed by atoms with Gasteiger partial charge in [-0.3, -0.25) is 9.88 Å². The molecule has 2 heterocycles. The molecule has 1 fully saturated rings. The molecule has 0 bridgehead atoms. The number of nitrogens with zero attached hydrogens (tertiary/aromatic N) is 2. The topological polar surface area (TPSA) is 42.1 Å². The number of thiazole rings is 1. The highest BCUT2D eigenvalue weighted by Crippen LogP contribution is 2.21. The number of nitrogens with two attached hydrogens (primary N) is 1. The predicted molar refractivity (Wildman–Crippen MR) is 63.8 cm³/mol. The van der Waals surface area contributed by atoms with Crippen LogP contribution in [0.4, 0.5) is 0 Å². The van der Waals surface area contributed by atoms with Crippen LogP contribution in [0.25, 0.3) is 0 Å². The highest BCUT2D eigenvalue weighted by molar-refractivity contribution is 7.09. The molecular weight excluding hydrogens is 206 g/mol. The maximum absolute atomic E-state index is 5.58. The lowest BCUT2D eigenvalue weighted by Gasteiger charge is -2.31. The van der Waals surface area contributed by atoms with Crippen molar-refractivity contribution in [3.63, 3.8) is 0 Å². The third-order valence-corrected chi connectivity index (χ3v) is 3.91. The van der Waals surface area contributed by atoms with Crippen molar-refractivity contribution in [3.05, 3.63) is 16.6 Å². The third kappa shape index (κ3) is 3.26. The summed E-state index contributed by atoms with van der Waals surface area (Å²) in [6.07, 6.45) is 5.82. The van der Waals surface area contributed by atoms with E-state index >= 15 is 0 Å². The molecule has 15 heavy (non-hydrogen) atoms. The molecule has 1 aliphatic rings. The smallest absolute Gasteiger partial charge is 0.0794 e. The number of piperidine rings is 1. The van der Waals surface area contributed by atoms with E-state index in [1.54, 1.807) is 11.3 Å². The van der Waals surface area contributed by atoms with Crippen LogP contribution < -0.4 is 5.73 Å². The van der Waals surface area contributed by atoms with Gasteiger partial charge in [0.25, 0.3) is 0 Å². The zero-order chi connectivity index (χ0) is 10.5. The van der Waals surface area contributed by atoms with Gasteiger partial charge in [-0.1, -0.05) is 0 Å². The van der Waals surface area contributed by atoms with Crippen molar-refractivity contribution >= 4 is 11.3 Å². The minimum absolute atomic E-state index is 0.847. The van der Waals surface area contributed by atoms with Crippen LogP contribution in [0, 0.1) is 5.92 Å². The Kier molecular flexibility index (Phi) is 4.11. The second-order valence-electron chi connectivity index (χ2n) is 4.26. The molecule has 2 rings (SSSR count). The molecule has 4 heteroatoms. The molecule has 84 valence electrons. The standard InChI is InChI=1S/C11H19N3S/c12-4-1-10-2-5-14(6-3-10)8-11-7-13-9-15-11/h7,9-10H,1-6,8,12H2. The van der Waals surface area contributed by atoms with Gasteiger partial charge in [-0.2, -0.15) is 0 Å². The fraction of sp³-hybridized carbons (Fsp3) is 0.727. The zero-order valence-electron chi connectivity index (χ0n) is 9.06. The fourth-order valence-electron chi connectivity index (χ4n) is 2.21. The summed E-state index contributed by atoms with van der Waals surface area (Å²) in [6, 6.07) is 0. The number of hydrogen-bond donors (Lipinski definition) is 1. The van der Waals surface area contributed by atoms with Crippen LogP contribution in [-0.4, -0.2) is 29.5 Å². The molecule has 0 unspecified atom stereocenters. The van der Waals surface area contributed by atoms with E-state index in [2.05, 4.69) is 9.88 Å². The summed E-state index contributed by atoms with van der Waals surface area (Å²) in [6.45, 7) is 4.38. The third-order valence-electron chi connectivity index (χ3n) is 3.14. The van der Waals surface area contributed by atoms with Crippen molar-refractivity contribution in [2.75, 3.05) is 19.6 Å². The molecule has 0 spiro atoms. The fourth-order valence-corrected chi connectivity index (χ4v) is 2.85. The van der Waals surface area contributed by atoms with Gasteiger partial charge in [-0.05, 0) is 44.8 Å². The van der Waals surface area contributed by atoms with Crippen LogP contribution in [0.2, 0.25) is 0 Å². The second-order valence-corrected chi connectivity index (χ2v) is 5.24. The SMILES string of the molecule is NCCC1CCN(Cc2cncs2)CC1. The van der Waals surface area contributed by atoms with Gasteiger partial charge in [0.15, 0.2) is 0 Å². The predicted octanol–water partition coefficient (Wildman–Crippen LogP) is 1.70. The first-order valence-electron chi connectivity index (χ1n) is 5.68. The molecule has 0 amide bonds. The highest BCUT2D eigenvalue weighted by atomic mass is 32.1. The Hall–Kier alpha value is -0.450. The quantitative estimate of drug-likeness (QED) is 0.848. The summed E-state index contributed by atoms with van der Waals surface area (Å²) in [7, 11) is 0. The Morgan fingerprint density at radius 1 is 1.47 bits per heavy atom. The van der Waals surface area contributed by atoms with Crippen molar-refractivity contribution in [2.24, 2.45) is 11.7 Å². The molecule has 3 nitrogen and oxygen atoms in total. The van der Waals surface area contributed by atoms with E-state index < -0.39 is 0 Å². The molecule has 1 aliphatic heterocycles. The summed E-state index contributed by atoms with van der Waals surface area (Å²) in [5.41, 5.74) is 7.50. The van der Waals surface area contributed by atoms with Gasteiger partial charge in [-0.15, -0.1) is 11.3 Å². The molecule has 0 aliphatic carbocycles. The van der Waals surface area contributed by atoms with E-state index in [-0.39, 0.29) is 0 Å². The summed E-state index contributed by atoms with van der Waals surface area (Å²) in [5, 5.41) is 0. The van der Waals surface area contributed by atoms with E-state index in [1.807, 2.05) is 11.7 Å². The summed E-state index contributed by atoms with van der Waals surface area (Å²) in [4.78, 5) is 8.02. The van der Waals surface area contributed by atoms with E-state index in [1.165, 1.54) is 37.2 Å². The summed E-state index contributed by atoms with van der Waals surface area (Å²) >= 11 is 1.75. The van der Waals surface area contributed by atoms with Crippen LogP contribution in [0.1, 0.15) is 24.1 Å². The zero-order valence-corrected chi connectivity index (χ0v) is 9.88. The molecule has 0 saturated carbocycles. The first-order chi connectivity index (χ1) is 7.38. The van der Waals surface area contributed by atoms with Gasteiger partial charge in [0.05, 0.1) is 5.51 Å². The highest BCUT2D eigenvalue weighted by Gasteiger charge is 2.18.